The van der Waals surface area contributed by atoms with Gasteiger partial charge in [-0.2, -0.15) is 13.2 Å². The Labute approximate surface area is 282 Å². The average molecular weight is 686 g/mol. The molecule has 0 bridgehead atoms. The summed E-state index contributed by atoms with van der Waals surface area (Å²) in [5, 5.41) is 8.89. The molecule has 4 aromatic heterocycles. The Morgan fingerprint density at radius 1 is 1.04 bits per heavy atom. The molecule has 1 aliphatic heterocycles. The first kappa shape index (κ1) is 35.7. The van der Waals surface area contributed by atoms with Gasteiger partial charge >= 0.3 is 12.1 Å². The molecule has 0 aliphatic carbocycles. The first-order valence-corrected chi connectivity index (χ1v) is 16.1. The van der Waals surface area contributed by atoms with E-state index in [4.69, 9.17) is 19.6 Å². The molecule has 0 atom stereocenters. The Morgan fingerprint density at radius 2 is 1.80 bits per heavy atom. The van der Waals surface area contributed by atoms with Gasteiger partial charge in [0.25, 0.3) is 0 Å². The third kappa shape index (κ3) is 8.73. The minimum absolute atomic E-state index is 0.0403. The number of hydrogen-bond acceptors (Lipinski definition) is 11. The van der Waals surface area contributed by atoms with Gasteiger partial charge in [0.15, 0.2) is 11.5 Å². The number of aliphatic carboxylic acids is 1. The summed E-state index contributed by atoms with van der Waals surface area (Å²) in [5.41, 5.74) is 1.24. The van der Waals surface area contributed by atoms with Crippen LogP contribution in [-0.2, 0) is 15.7 Å². The zero-order valence-electron chi connectivity index (χ0n) is 28.3. The first-order chi connectivity index (χ1) is 23.3. The maximum Gasteiger partial charge on any atom is 0.421 e. The van der Waals surface area contributed by atoms with Crippen molar-refractivity contribution in [3.8, 4) is 28.7 Å². The topological polar surface area (TPSA) is 146 Å². The second kappa shape index (κ2) is 14.9. The molecule has 264 valence electrons. The first-order valence-electron chi connectivity index (χ1n) is 16.1. The summed E-state index contributed by atoms with van der Waals surface area (Å²) in [6.45, 7) is 10.6. The van der Waals surface area contributed by atoms with E-state index in [0.29, 0.717) is 47.9 Å². The number of anilines is 2. The normalized spacial score (nSPS) is 14.4. The van der Waals surface area contributed by atoms with Gasteiger partial charge in [-0.1, -0.05) is 13.8 Å². The van der Waals surface area contributed by atoms with Crippen LogP contribution in [0.5, 0.6) is 5.88 Å². The van der Waals surface area contributed by atoms with Gasteiger partial charge < -0.3 is 29.4 Å². The van der Waals surface area contributed by atoms with Gasteiger partial charge in [0.05, 0.1) is 37.0 Å². The van der Waals surface area contributed by atoms with E-state index in [2.05, 4.69) is 48.6 Å². The van der Waals surface area contributed by atoms with Gasteiger partial charge in [0, 0.05) is 70.5 Å². The molecular weight excluding hydrogens is 643 g/mol. The number of rotatable bonds is 14. The Kier molecular flexibility index (Phi) is 10.9. The number of halogens is 3. The third-order valence-electron chi connectivity index (χ3n) is 8.23. The van der Waals surface area contributed by atoms with E-state index >= 15 is 0 Å². The van der Waals surface area contributed by atoms with Crippen molar-refractivity contribution in [2.75, 3.05) is 76.4 Å². The quantitative estimate of drug-likeness (QED) is 0.184. The van der Waals surface area contributed by atoms with Crippen molar-refractivity contribution in [2.45, 2.75) is 39.8 Å². The number of hydrogen-bond donors (Lipinski definition) is 2. The molecule has 13 nitrogen and oxygen atoms in total. The monoisotopic (exact) mass is 685 g/mol. The molecular formula is C33H42F3N9O4. The van der Waals surface area contributed by atoms with Crippen LogP contribution in [0.3, 0.4) is 0 Å². The number of H-pyrrole nitrogens is 1. The number of imidazole rings is 1. The van der Waals surface area contributed by atoms with Gasteiger partial charge in [-0.05, 0) is 32.0 Å². The fourth-order valence-electron chi connectivity index (χ4n) is 6.01. The number of nitrogens with one attached hydrogen (secondary N) is 1. The van der Waals surface area contributed by atoms with Crippen molar-refractivity contribution in [1.82, 2.24) is 34.8 Å². The standard InChI is InChI=1S/C33H42F3N9O4/c1-6-49-31-22(33(34,35)36)14-21(16-39-31)23-15-25(43(4)19-32(2,3)20-48-5)28-30(40-23)42-29(41-28)24-17-38-26(18-37-24)45-12-10-44(11-13-45)9-7-8-27(46)47/h14-18H,6-13,19-20H2,1-5H3,(H,46,47)(H,40,41,42). The molecule has 0 aromatic carbocycles. The molecule has 1 saturated heterocycles. The molecule has 5 heterocycles. The molecule has 0 unspecified atom stereocenters. The van der Waals surface area contributed by atoms with Gasteiger partial charge in [-0.25, -0.2) is 24.9 Å². The molecule has 49 heavy (non-hydrogen) atoms. The summed E-state index contributed by atoms with van der Waals surface area (Å²) in [6.07, 6.45) is 0.733. The number of methoxy groups -OCH3 is 1. The highest BCUT2D eigenvalue weighted by atomic mass is 19.4. The van der Waals surface area contributed by atoms with Crippen LogP contribution in [0, 0.1) is 5.41 Å². The number of carbonyl (C=O) groups is 1. The van der Waals surface area contributed by atoms with Gasteiger partial charge in [-0.15, -0.1) is 0 Å². The maximum atomic E-state index is 14.0. The Bertz CT molecular complexity index is 1740. The number of ether oxygens (including phenoxy) is 2. The number of carboxylic acids is 1. The van der Waals surface area contributed by atoms with Crippen LogP contribution in [0.2, 0.25) is 0 Å². The van der Waals surface area contributed by atoms with E-state index in [-0.39, 0.29) is 29.7 Å². The fourth-order valence-corrected chi connectivity index (χ4v) is 6.01. The summed E-state index contributed by atoms with van der Waals surface area (Å²) in [6, 6.07) is 2.72. The largest absolute Gasteiger partial charge is 0.481 e. The highest BCUT2D eigenvalue weighted by Gasteiger charge is 2.36. The third-order valence-corrected chi connectivity index (χ3v) is 8.23. The second-order valence-corrected chi connectivity index (χ2v) is 12.9. The predicted molar refractivity (Wildman–Crippen MR) is 179 cm³/mol. The van der Waals surface area contributed by atoms with E-state index in [0.717, 1.165) is 44.6 Å². The number of carboxylic acid groups (broad SMARTS) is 1. The Balaban J connectivity index is 1.45. The lowest BCUT2D eigenvalue weighted by Gasteiger charge is -2.35. The molecule has 4 aromatic rings. The summed E-state index contributed by atoms with van der Waals surface area (Å²) in [5.74, 6) is -0.142. The minimum Gasteiger partial charge on any atom is -0.481 e. The molecule has 1 fully saturated rings. The number of pyridine rings is 2. The summed E-state index contributed by atoms with van der Waals surface area (Å²) in [7, 11) is 3.54. The molecule has 0 amide bonds. The maximum absolute atomic E-state index is 14.0. The summed E-state index contributed by atoms with van der Waals surface area (Å²) < 4.78 is 52.6. The SMILES string of the molecule is CCOc1ncc(-c2cc(N(C)CC(C)(C)COC)c3[nH]c(-c4cnc(N5CCN(CCCC(=O)O)CC5)cn4)nc3n2)cc1C(F)(F)F. The van der Waals surface area contributed by atoms with Crippen LogP contribution in [0.15, 0.2) is 30.7 Å². The number of nitrogens with zero attached hydrogens (tertiary/aromatic N) is 8. The van der Waals surface area contributed by atoms with Crippen LogP contribution < -0.4 is 14.5 Å². The van der Waals surface area contributed by atoms with E-state index in [1.54, 1.807) is 32.5 Å². The summed E-state index contributed by atoms with van der Waals surface area (Å²) in [4.78, 5) is 43.1. The molecule has 0 spiro atoms. The highest BCUT2D eigenvalue weighted by Crippen LogP contribution is 2.39. The van der Waals surface area contributed by atoms with Gasteiger partial charge in [0.2, 0.25) is 5.88 Å². The van der Waals surface area contributed by atoms with Crippen LogP contribution in [0.4, 0.5) is 24.7 Å². The lowest BCUT2D eigenvalue weighted by Crippen LogP contribution is -2.47. The van der Waals surface area contributed by atoms with Gasteiger partial charge in [-0.3, -0.25) is 9.69 Å². The fraction of sp³-hybridized carbons (Fsp3) is 0.515. The Hall–Kier alpha value is -4.57. The average Bonchev–Trinajstić information content (AvgIpc) is 3.48. The van der Waals surface area contributed by atoms with Crippen LogP contribution in [0.25, 0.3) is 33.9 Å². The molecule has 0 saturated carbocycles. The second-order valence-electron chi connectivity index (χ2n) is 12.9. The van der Waals surface area contributed by atoms with Crippen molar-refractivity contribution in [1.29, 1.82) is 0 Å². The highest BCUT2D eigenvalue weighted by molar-refractivity contribution is 5.91. The predicted octanol–water partition coefficient (Wildman–Crippen LogP) is 4.99. The van der Waals surface area contributed by atoms with Crippen LogP contribution >= 0.6 is 0 Å². The van der Waals surface area contributed by atoms with Gasteiger partial charge in [0.1, 0.15) is 22.6 Å². The molecule has 1 aliphatic rings. The number of fused-ring (bicyclic) bond motifs is 1. The Morgan fingerprint density at radius 3 is 2.43 bits per heavy atom. The van der Waals surface area contributed by atoms with Crippen LogP contribution in [-0.4, -0.2) is 113 Å². The molecule has 16 heteroatoms. The lowest BCUT2D eigenvalue weighted by atomic mass is 9.94. The zero-order valence-corrected chi connectivity index (χ0v) is 28.3. The minimum atomic E-state index is -4.68. The number of aromatic amines is 1. The van der Waals surface area contributed by atoms with Crippen molar-refractivity contribution in [3.05, 3.63) is 36.3 Å². The van der Waals surface area contributed by atoms with Crippen molar-refractivity contribution in [3.63, 3.8) is 0 Å². The molecule has 2 N–H and O–H groups in total. The van der Waals surface area contributed by atoms with E-state index in [1.165, 1.54) is 6.20 Å². The number of piperazine rings is 1. The van der Waals surface area contributed by atoms with E-state index in [9.17, 15) is 18.0 Å². The summed E-state index contributed by atoms with van der Waals surface area (Å²) >= 11 is 0. The van der Waals surface area contributed by atoms with E-state index in [1.807, 2.05) is 11.9 Å². The lowest BCUT2D eigenvalue weighted by molar-refractivity contribution is -0.139. The molecule has 5 rings (SSSR count). The number of alkyl halides is 3. The van der Waals surface area contributed by atoms with E-state index < -0.39 is 23.6 Å². The van der Waals surface area contributed by atoms with Crippen LogP contribution in [0.1, 0.15) is 39.2 Å². The zero-order chi connectivity index (χ0) is 35.3. The smallest absolute Gasteiger partial charge is 0.421 e. The van der Waals surface area contributed by atoms with Crippen molar-refractivity contribution in [2.24, 2.45) is 5.41 Å². The number of aromatic nitrogens is 6. The van der Waals surface area contributed by atoms with Crippen molar-refractivity contribution >= 4 is 28.6 Å². The molecule has 0 radical (unpaired) electrons. The van der Waals surface area contributed by atoms with Crippen molar-refractivity contribution < 1.29 is 32.5 Å².